The van der Waals surface area contributed by atoms with Gasteiger partial charge < -0.3 is 10.2 Å². The van der Waals surface area contributed by atoms with Crippen LogP contribution in [0.5, 0.6) is 0 Å². The minimum Gasteiger partial charge on any atom is -0.371 e. The molecule has 0 spiro atoms. The number of nitrogens with one attached hydrogen (secondary N) is 1. The van der Waals surface area contributed by atoms with E-state index in [2.05, 4.69) is 65.1 Å². The van der Waals surface area contributed by atoms with Crippen molar-refractivity contribution in [3.8, 4) is 0 Å². The first-order valence-electron chi connectivity index (χ1n) is 7.23. The monoisotopic (exact) mass is 324 g/mol. The third-order valence-electron chi connectivity index (χ3n) is 4.10. The molecule has 1 aromatic carbocycles. The van der Waals surface area contributed by atoms with Crippen LogP contribution in [0.2, 0.25) is 0 Å². The Morgan fingerprint density at radius 3 is 2.47 bits per heavy atom. The molecule has 0 bridgehead atoms. The second kappa shape index (κ2) is 6.27. The van der Waals surface area contributed by atoms with E-state index < -0.39 is 0 Å². The molecule has 0 amide bonds. The first kappa shape index (κ1) is 14.9. The van der Waals surface area contributed by atoms with Crippen LogP contribution in [0, 0.1) is 11.8 Å². The maximum atomic E-state index is 3.62. The molecule has 1 saturated heterocycles. The second-order valence-electron chi connectivity index (χ2n) is 6.06. The predicted octanol–water partition coefficient (Wildman–Crippen LogP) is 4.21. The van der Waals surface area contributed by atoms with Gasteiger partial charge in [-0.3, -0.25) is 0 Å². The number of anilines is 1. The standard InChI is InChI=1S/C16H25BrN2/c1-11-7-12(2)10-19(9-11)16-8-14(17)5-6-15(16)13(3)18-4/h5-6,8,11-13,18H,7,9-10H2,1-4H3. The summed E-state index contributed by atoms with van der Waals surface area (Å²) in [7, 11) is 2.03. The minimum atomic E-state index is 0.385. The number of benzene rings is 1. The highest BCUT2D eigenvalue weighted by atomic mass is 79.9. The van der Waals surface area contributed by atoms with Crippen LogP contribution in [0.4, 0.5) is 5.69 Å². The van der Waals surface area contributed by atoms with Gasteiger partial charge in [0.2, 0.25) is 0 Å². The molecule has 1 N–H and O–H groups in total. The van der Waals surface area contributed by atoms with E-state index in [1.807, 2.05) is 7.05 Å². The van der Waals surface area contributed by atoms with Crippen molar-refractivity contribution in [3.63, 3.8) is 0 Å². The van der Waals surface area contributed by atoms with Gasteiger partial charge in [-0.2, -0.15) is 0 Å². The van der Waals surface area contributed by atoms with Crippen molar-refractivity contribution in [2.45, 2.75) is 33.2 Å². The van der Waals surface area contributed by atoms with Crippen molar-refractivity contribution < 1.29 is 0 Å². The maximum Gasteiger partial charge on any atom is 0.0426 e. The van der Waals surface area contributed by atoms with E-state index in [9.17, 15) is 0 Å². The number of nitrogens with zero attached hydrogens (tertiary/aromatic N) is 1. The van der Waals surface area contributed by atoms with Crippen LogP contribution in [-0.2, 0) is 0 Å². The molecule has 0 saturated carbocycles. The SMILES string of the molecule is CNC(C)c1ccc(Br)cc1N1CC(C)CC(C)C1. The van der Waals surface area contributed by atoms with Gasteiger partial charge in [0.15, 0.2) is 0 Å². The van der Waals surface area contributed by atoms with Gasteiger partial charge in [-0.25, -0.2) is 0 Å². The van der Waals surface area contributed by atoms with Crippen LogP contribution in [0.25, 0.3) is 0 Å². The molecule has 1 aromatic rings. The molecule has 0 aromatic heterocycles. The Hall–Kier alpha value is -0.540. The Morgan fingerprint density at radius 2 is 1.89 bits per heavy atom. The number of halogens is 1. The molecular weight excluding hydrogens is 300 g/mol. The summed E-state index contributed by atoms with van der Waals surface area (Å²) in [5.74, 6) is 1.56. The lowest BCUT2D eigenvalue weighted by Crippen LogP contribution is -2.39. The quantitative estimate of drug-likeness (QED) is 0.895. The van der Waals surface area contributed by atoms with E-state index in [0.717, 1.165) is 11.8 Å². The van der Waals surface area contributed by atoms with Gasteiger partial charge >= 0.3 is 0 Å². The second-order valence-corrected chi connectivity index (χ2v) is 6.98. The van der Waals surface area contributed by atoms with Gasteiger partial charge in [0.1, 0.15) is 0 Å². The third kappa shape index (κ3) is 3.51. The molecule has 2 rings (SSSR count). The van der Waals surface area contributed by atoms with E-state index in [-0.39, 0.29) is 0 Å². The highest BCUT2D eigenvalue weighted by molar-refractivity contribution is 9.10. The average Bonchev–Trinajstić information content (AvgIpc) is 2.36. The smallest absolute Gasteiger partial charge is 0.0426 e. The normalized spacial score (nSPS) is 25.4. The fraction of sp³-hybridized carbons (Fsp3) is 0.625. The Labute approximate surface area is 125 Å². The summed E-state index contributed by atoms with van der Waals surface area (Å²) < 4.78 is 1.17. The summed E-state index contributed by atoms with van der Waals surface area (Å²) in [6.45, 7) is 9.29. The number of piperidine rings is 1. The Morgan fingerprint density at radius 1 is 1.26 bits per heavy atom. The molecule has 2 nitrogen and oxygen atoms in total. The van der Waals surface area contributed by atoms with E-state index in [0.29, 0.717) is 6.04 Å². The van der Waals surface area contributed by atoms with Gasteiger partial charge in [-0.1, -0.05) is 35.8 Å². The minimum absolute atomic E-state index is 0.385. The number of hydrogen-bond acceptors (Lipinski definition) is 2. The van der Waals surface area contributed by atoms with Crippen LogP contribution in [0.15, 0.2) is 22.7 Å². The van der Waals surface area contributed by atoms with Crippen LogP contribution in [0.1, 0.15) is 38.8 Å². The molecule has 3 unspecified atom stereocenters. The van der Waals surface area contributed by atoms with Crippen LogP contribution >= 0.6 is 15.9 Å². The molecule has 106 valence electrons. The lowest BCUT2D eigenvalue weighted by atomic mass is 9.90. The number of hydrogen-bond donors (Lipinski definition) is 1. The van der Waals surface area contributed by atoms with Crippen LogP contribution < -0.4 is 10.2 Å². The number of rotatable bonds is 3. The van der Waals surface area contributed by atoms with Gasteiger partial charge in [0, 0.05) is 29.3 Å². The summed E-state index contributed by atoms with van der Waals surface area (Å²) in [5, 5.41) is 3.36. The van der Waals surface area contributed by atoms with Gasteiger partial charge in [-0.05, 0) is 49.9 Å². The highest BCUT2D eigenvalue weighted by Crippen LogP contribution is 2.33. The topological polar surface area (TPSA) is 15.3 Å². The lowest BCUT2D eigenvalue weighted by molar-refractivity contribution is 0.356. The highest BCUT2D eigenvalue weighted by Gasteiger charge is 2.24. The molecule has 1 fully saturated rings. The molecule has 1 heterocycles. The van der Waals surface area contributed by atoms with Gasteiger partial charge in [0.05, 0.1) is 0 Å². The van der Waals surface area contributed by atoms with Crippen LogP contribution in [-0.4, -0.2) is 20.1 Å². The summed E-state index contributed by atoms with van der Waals surface area (Å²) in [4.78, 5) is 2.56. The van der Waals surface area contributed by atoms with Crippen molar-refractivity contribution in [2.24, 2.45) is 11.8 Å². The van der Waals surface area contributed by atoms with Crippen molar-refractivity contribution >= 4 is 21.6 Å². The maximum absolute atomic E-state index is 3.62. The molecule has 3 heteroatoms. The Balaban J connectivity index is 2.33. The van der Waals surface area contributed by atoms with E-state index in [1.54, 1.807) is 0 Å². The van der Waals surface area contributed by atoms with Gasteiger partial charge in [0.25, 0.3) is 0 Å². The predicted molar refractivity (Wildman–Crippen MR) is 86.8 cm³/mol. The molecule has 0 radical (unpaired) electrons. The first-order valence-corrected chi connectivity index (χ1v) is 8.02. The summed E-state index contributed by atoms with van der Waals surface area (Å²) >= 11 is 3.62. The van der Waals surface area contributed by atoms with E-state index in [1.165, 1.54) is 35.2 Å². The molecule has 1 aliphatic rings. The fourth-order valence-corrected chi connectivity index (χ4v) is 3.52. The molecule has 19 heavy (non-hydrogen) atoms. The zero-order valence-corrected chi connectivity index (χ0v) is 14.0. The molecule has 3 atom stereocenters. The summed E-state index contributed by atoms with van der Waals surface area (Å²) in [5.41, 5.74) is 2.78. The summed E-state index contributed by atoms with van der Waals surface area (Å²) in [6.07, 6.45) is 1.35. The Bertz CT molecular complexity index is 423. The Kier molecular flexibility index (Phi) is 4.91. The average molecular weight is 325 g/mol. The van der Waals surface area contributed by atoms with Crippen LogP contribution in [0.3, 0.4) is 0 Å². The van der Waals surface area contributed by atoms with Crippen molar-refractivity contribution in [2.75, 3.05) is 25.0 Å². The van der Waals surface area contributed by atoms with E-state index >= 15 is 0 Å². The van der Waals surface area contributed by atoms with Crippen molar-refractivity contribution in [1.29, 1.82) is 0 Å². The van der Waals surface area contributed by atoms with Gasteiger partial charge in [-0.15, -0.1) is 0 Å². The fourth-order valence-electron chi connectivity index (χ4n) is 3.17. The largest absolute Gasteiger partial charge is 0.371 e. The van der Waals surface area contributed by atoms with Crippen molar-refractivity contribution in [3.05, 3.63) is 28.2 Å². The zero-order valence-electron chi connectivity index (χ0n) is 12.4. The van der Waals surface area contributed by atoms with E-state index in [4.69, 9.17) is 0 Å². The lowest BCUT2D eigenvalue weighted by Gasteiger charge is -2.38. The zero-order chi connectivity index (χ0) is 14.0. The van der Waals surface area contributed by atoms with Crippen molar-refractivity contribution in [1.82, 2.24) is 5.32 Å². The molecule has 0 aliphatic carbocycles. The summed E-state index contributed by atoms with van der Waals surface area (Å²) in [6, 6.07) is 7.04. The molecular formula is C16H25BrN2. The molecule has 1 aliphatic heterocycles. The first-order chi connectivity index (χ1) is 9.01. The third-order valence-corrected chi connectivity index (χ3v) is 4.59.